The first kappa shape index (κ1) is 28.9. The minimum Gasteiger partial charge on any atom is -0.493 e. The lowest BCUT2D eigenvalue weighted by molar-refractivity contribution is -0.134. The summed E-state index contributed by atoms with van der Waals surface area (Å²) in [4.78, 5) is 31.3. The summed E-state index contributed by atoms with van der Waals surface area (Å²) in [5, 5.41) is 0.908. The molecule has 0 aliphatic carbocycles. The minimum absolute atomic E-state index is 0.360. The third-order valence-corrected chi connectivity index (χ3v) is 6.85. The Balaban J connectivity index is 1.30. The van der Waals surface area contributed by atoms with Crippen LogP contribution in [0.5, 0.6) is 5.75 Å². The molecule has 3 heterocycles. The van der Waals surface area contributed by atoms with Crippen LogP contribution in [0.2, 0.25) is 0 Å². The van der Waals surface area contributed by atoms with Gasteiger partial charge in [-0.15, -0.1) is 0 Å². The van der Waals surface area contributed by atoms with E-state index in [1.54, 1.807) is 17.0 Å². The van der Waals surface area contributed by atoms with Gasteiger partial charge in [-0.3, -0.25) is 4.90 Å². The fraction of sp³-hybridized carbons (Fsp3) is 0.303. The van der Waals surface area contributed by atoms with Crippen molar-refractivity contribution in [2.45, 2.75) is 45.6 Å². The number of rotatable bonds is 7. The summed E-state index contributed by atoms with van der Waals surface area (Å²) in [6, 6.07) is 17.6. The summed E-state index contributed by atoms with van der Waals surface area (Å²) < 4.78 is 31.9. The van der Waals surface area contributed by atoms with E-state index in [4.69, 9.17) is 19.2 Å². The maximum atomic E-state index is 13.5. The predicted octanol–water partition coefficient (Wildman–Crippen LogP) is 6.55. The SMILES string of the molecule is COC(=O)C=C(c1ccc(F)cc1)n1ccc2cc(OCCc3ccc4c(n3)N(C(=O)OC(C)(C)C)CCC4)ccc21. The first-order valence-corrected chi connectivity index (χ1v) is 13.9. The van der Waals surface area contributed by atoms with E-state index in [0.29, 0.717) is 42.4 Å². The molecular formula is C33H34FN3O5. The number of hydrogen-bond donors (Lipinski definition) is 0. The van der Waals surface area contributed by atoms with Crippen LogP contribution in [0.15, 0.2) is 72.9 Å². The van der Waals surface area contributed by atoms with E-state index in [-0.39, 0.29) is 11.9 Å². The normalized spacial score (nSPS) is 13.5. The molecule has 42 heavy (non-hydrogen) atoms. The molecule has 1 aliphatic rings. The maximum absolute atomic E-state index is 13.5. The number of fused-ring (bicyclic) bond motifs is 2. The van der Waals surface area contributed by atoms with Gasteiger partial charge < -0.3 is 18.8 Å². The average molecular weight is 572 g/mol. The minimum atomic E-state index is -0.581. The number of anilines is 1. The van der Waals surface area contributed by atoms with Crippen LogP contribution >= 0.6 is 0 Å². The van der Waals surface area contributed by atoms with E-state index >= 15 is 0 Å². The van der Waals surface area contributed by atoms with Crippen molar-refractivity contribution >= 4 is 34.5 Å². The van der Waals surface area contributed by atoms with Crippen molar-refractivity contribution in [3.63, 3.8) is 0 Å². The number of carbonyl (C=O) groups is 2. The molecule has 0 unspecified atom stereocenters. The fourth-order valence-electron chi connectivity index (χ4n) is 4.89. The molecule has 5 rings (SSSR count). The Kier molecular flexibility index (Phi) is 8.29. The molecule has 0 bridgehead atoms. The number of amides is 1. The van der Waals surface area contributed by atoms with Crippen LogP contribution in [-0.2, 0) is 27.1 Å². The average Bonchev–Trinajstić information content (AvgIpc) is 3.38. The first-order chi connectivity index (χ1) is 20.1. The van der Waals surface area contributed by atoms with E-state index in [1.165, 1.54) is 25.3 Å². The van der Waals surface area contributed by atoms with Crippen molar-refractivity contribution in [1.82, 2.24) is 9.55 Å². The van der Waals surface area contributed by atoms with Crippen LogP contribution < -0.4 is 9.64 Å². The van der Waals surface area contributed by atoms with E-state index in [9.17, 15) is 14.0 Å². The highest BCUT2D eigenvalue weighted by molar-refractivity contribution is 5.95. The van der Waals surface area contributed by atoms with Gasteiger partial charge in [0, 0.05) is 36.3 Å². The molecule has 0 atom stereocenters. The molecule has 218 valence electrons. The van der Waals surface area contributed by atoms with Crippen LogP contribution in [0.25, 0.3) is 16.6 Å². The molecule has 1 amide bonds. The molecule has 2 aromatic heterocycles. The van der Waals surface area contributed by atoms with Gasteiger partial charge in [0.1, 0.15) is 23.0 Å². The van der Waals surface area contributed by atoms with E-state index in [1.807, 2.05) is 67.9 Å². The molecule has 1 aliphatic heterocycles. The third-order valence-electron chi connectivity index (χ3n) is 6.85. The second-order valence-electron chi connectivity index (χ2n) is 11.1. The standard InChI is InChI=1S/C33H34FN3O5/c1-33(2,3)42-32(39)37-17-5-6-23-9-12-26(35-31(23)37)16-19-41-27-13-14-28-24(20-27)15-18-36(28)29(21-30(38)40-4)22-7-10-25(34)11-8-22/h7-15,18,20-21H,5-6,16-17,19H2,1-4H3. The van der Waals surface area contributed by atoms with E-state index in [0.717, 1.165) is 35.0 Å². The largest absolute Gasteiger partial charge is 0.493 e. The second kappa shape index (κ2) is 12.1. The highest BCUT2D eigenvalue weighted by atomic mass is 19.1. The zero-order valence-corrected chi connectivity index (χ0v) is 24.2. The molecule has 0 saturated heterocycles. The van der Waals surface area contributed by atoms with Gasteiger partial charge in [-0.1, -0.05) is 6.07 Å². The number of ether oxygens (including phenoxy) is 3. The molecule has 0 spiro atoms. The Morgan fingerprint density at radius 2 is 1.83 bits per heavy atom. The van der Waals surface area contributed by atoms with Crippen molar-refractivity contribution in [2.24, 2.45) is 0 Å². The summed E-state index contributed by atoms with van der Waals surface area (Å²) in [6.45, 7) is 6.53. The van der Waals surface area contributed by atoms with Crippen LogP contribution in [0.3, 0.4) is 0 Å². The zero-order chi connectivity index (χ0) is 29.9. The zero-order valence-electron chi connectivity index (χ0n) is 24.2. The summed E-state index contributed by atoms with van der Waals surface area (Å²) >= 11 is 0. The van der Waals surface area contributed by atoms with Crippen LogP contribution in [0.4, 0.5) is 15.0 Å². The predicted molar refractivity (Wildman–Crippen MR) is 159 cm³/mol. The molecule has 0 fully saturated rings. The maximum Gasteiger partial charge on any atom is 0.416 e. The monoisotopic (exact) mass is 571 g/mol. The Hall–Kier alpha value is -4.66. The van der Waals surface area contributed by atoms with Crippen molar-refractivity contribution in [3.05, 3.63) is 95.6 Å². The van der Waals surface area contributed by atoms with Crippen molar-refractivity contribution in [3.8, 4) is 5.75 Å². The second-order valence-corrected chi connectivity index (χ2v) is 11.1. The van der Waals surface area contributed by atoms with Gasteiger partial charge >= 0.3 is 12.1 Å². The van der Waals surface area contributed by atoms with Gasteiger partial charge in [-0.05, 0) is 99.3 Å². The molecule has 8 nitrogen and oxygen atoms in total. The molecule has 0 saturated carbocycles. The Morgan fingerprint density at radius 1 is 1.05 bits per heavy atom. The Morgan fingerprint density at radius 3 is 2.57 bits per heavy atom. The summed E-state index contributed by atoms with van der Waals surface area (Å²) in [5.41, 5.74) is 3.36. The van der Waals surface area contributed by atoms with E-state index in [2.05, 4.69) is 0 Å². The number of aromatic nitrogens is 2. The van der Waals surface area contributed by atoms with Gasteiger partial charge in [0.15, 0.2) is 0 Å². The Labute approximate surface area is 244 Å². The number of esters is 1. The first-order valence-electron chi connectivity index (χ1n) is 13.9. The number of benzene rings is 2. The number of methoxy groups -OCH3 is 1. The Bertz CT molecular complexity index is 1640. The highest BCUT2D eigenvalue weighted by Gasteiger charge is 2.28. The fourth-order valence-corrected chi connectivity index (χ4v) is 4.89. The molecule has 9 heteroatoms. The number of carbonyl (C=O) groups excluding carboxylic acids is 2. The summed E-state index contributed by atoms with van der Waals surface area (Å²) in [5.74, 6) is 0.476. The van der Waals surface area contributed by atoms with Gasteiger partial charge in [0.2, 0.25) is 0 Å². The smallest absolute Gasteiger partial charge is 0.416 e. The number of halogens is 1. The van der Waals surface area contributed by atoms with Crippen LogP contribution in [0, 0.1) is 5.82 Å². The quantitative estimate of drug-likeness (QED) is 0.185. The van der Waals surface area contributed by atoms with Crippen LogP contribution in [0.1, 0.15) is 44.0 Å². The molecule has 0 N–H and O–H groups in total. The van der Waals surface area contributed by atoms with E-state index < -0.39 is 11.6 Å². The lowest BCUT2D eigenvalue weighted by Gasteiger charge is -2.31. The third kappa shape index (κ3) is 6.62. The lowest BCUT2D eigenvalue weighted by atomic mass is 10.1. The molecule has 4 aromatic rings. The van der Waals surface area contributed by atoms with Gasteiger partial charge in [-0.25, -0.2) is 19.0 Å². The summed E-state index contributed by atoms with van der Waals surface area (Å²) in [7, 11) is 1.31. The topological polar surface area (TPSA) is 82.9 Å². The highest BCUT2D eigenvalue weighted by Crippen LogP contribution is 2.29. The van der Waals surface area contributed by atoms with Gasteiger partial charge in [0.05, 0.1) is 24.9 Å². The van der Waals surface area contributed by atoms with Crippen molar-refractivity contribution in [2.75, 3.05) is 25.2 Å². The van der Waals surface area contributed by atoms with Gasteiger partial charge in [-0.2, -0.15) is 0 Å². The number of aryl methyl sites for hydroxylation is 1. The molecular weight excluding hydrogens is 537 g/mol. The number of pyridine rings is 1. The molecule has 0 radical (unpaired) electrons. The molecule has 2 aromatic carbocycles. The van der Waals surface area contributed by atoms with Crippen molar-refractivity contribution < 1.29 is 28.2 Å². The van der Waals surface area contributed by atoms with Gasteiger partial charge in [0.25, 0.3) is 0 Å². The van der Waals surface area contributed by atoms with Crippen LogP contribution in [-0.4, -0.2) is 47.5 Å². The number of nitrogens with zero attached hydrogens (tertiary/aromatic N) is 3. The van der Waals surface area contributed by atoms with Crippen molar-refractivity contribution in [1.29, 1.82) is 0 Å². The number of hydrogen-bond acceptors (Lipinski definition) is 6. The lowest BCUT2D eigenvalue weighted by Crippen LogP contribution is -2.40. The summed E-state index contributed by atoms with van der Waals surface area (Å²) in [6.07, 6.45) is 5.14.